The van der Waals surface area contributed by atoms with Crippen LogP contribution in [0, 0.1) is 10.7 Å². The summed E-state index contributed by atoms with van der Waals surface area (Å²) in [6.45, 7) is 0.202. The molecule has 4 aromatic rings. The Bertz CT molecular complexity index is 1450. The third-order valence-electron chi connectivity index (χ3n) is 5.53. The van der Waals surface area contributed by atoms with Crippen LogP contribution in [0.5, 0.6) is 11.6 Å². The number of ether oxygens (including phenoxy) is 2. The molecule has 172 valence electrons. The van der Waals surface area contributed by atoms with Crippen molar-refractivity contribution >= 4 is 39.8 Å². The zero-order valence-corrected chi connectivity index (χ0v) is 18.3. The van der Waals surface area contributed by atoms with Crippen LogP contribution >= 0.6 is 11.6 Å². The largest absolute Gasteiger partial charge is 0.493 e. The Hall–Kier alpha value is -3.95. The van der Waals surface area contributed by atoms with Crippen molar-refractivity contribution < 1.29 is 23.8 Å². The number of nitrogens with one attached hydrogen (secondary N) is 1. The van der Waals surface area contributed by atoms with Crippen molar-refractivity contribution in [3.8, 4) is 11.6 Å². The van der Waals surface area contributed by atoms with E-state index in [4.69, 9.17) is 21.1 Å². The molecule has 34 heavy (non-hydrogen) atoms. The lowest BCUT2D eigenvalue weighted by Gasteiger charge is -2.21. The summed E-state index contributed by atoms with van der Waals surface area (Å²) in [5.74, 6) is -0.791. The first-order valence-corrected chi connectivity index (χ1v) is 10.6. The molecule has 10 heteroatoms. The van der Waals surface area contributed by atoms with Gasteiger partial charge in [-0.3, -0.25) is 4.79 Å². The van der Waals surface area contributed by atoms with Crippen molar-refractivity contribution in [1.82, 2.24) is 4.57 Å². The number of nitrogens with zero attached hydrogens (tertiary/aromatic N) is 2. The van der Waals surface area contributed by atoms with Crippen LogP contribution < -0.4 is 10.1 Å². The molecule has 0 spiro atoms. The first kappa shape index (κ1) is 21.9. The second-order valence-corrected chi connectivity index (χ2v) is 8.15. The number of aromatic nitrogens is 1. The normalized spacial score (nSPS) is 12.8. The van der Waals surface area contributed by atoms with E-state index in [0.717, 1.165) is 0 Å². The molecule has 0 atom stereocenters. The van der Waals surface area contributed by atoms with E-state index in [1.54, 1.807) is 36.4 Å². The van der Waals surface area contributed by atoms with E-state index in [1.165, 1.54) is 22.8 Å². The summed E-state index contributed by atoms with van der Waals surface area (Å²) in [6.07, 6.45) is 0. The standard InChI is InChI=1S/C24H17ClFN3O5/c25-16-3-1-2-13(6-16)23(30)27-18-4-5-19-20(9-18)29(24(31)21(19)28-32)10-14-7-17(26)8-15-11-33-12-34-22(14)15/h1-9,31H,10-12H2,(H,27,30). The minimum Gasteiger partial charge on any atom is -0.493 e. The molecule has 3 aromatic carbocycles. The van der Waals surface area contributed by atoms with Gasteiger partial charge in [0.1, 0.15) is 11.6 Å². The summed E-state index contributed by atoms with van der Waals surface area (Å²) < 4.78 is 26.4. The molecule has 2 N–H and O–H groups in total. The molecule has 1 aliphatic rings. The van der Waals surface area contributed by atoms with E-state index in [9.17, 15) is 19.2 Å². The number of fused-ring (bicyclic) bond motifs is 2. The van der Waals surface area contributed by atoms with Crippen molar-refractivity contribution in [2.45, 2.75) is 13.2 Å². The number of halogens is 2. The van der Waals surface area contributed by atoms with E-state index in [0.29, 0.717) is 44.1 Å². The molecule has 0 fully saturated rings. The SMILES string of the molecule is O=Nc1c(O)n(Cc2cc(F)cc3c2OCOC3)c2cc(NC(=O)c3cccc(Cl)c3)ccc12. The van der Waals surface area contributed by atoms with Gasteiger partial charge in [-0.2, -0.15) is 0 Å². The molecule has 1 amide bonds. The Kier molecular flexibility index (Phi) is 5.64. The topological polar surface area (TPSA) is 102 Å². The maximum absolute atomic E-state index is 14.2. The van der Waals surface area contributed by atoms with Gasteiger partial charge in [-0.05, 0) is 53.7 Å². The van der Waals surface area contributed by atoms with E-state index in [1.807, 2.05) is 0 Å². The quantitative estimate of drug-likeness (QED) is 0.356. The summed E-state index contributed by atoms with van der Waals surface area (Å²) in [5.41, 5.74) is 2.04. The second-order valence-electron chi connectivity index (χ2n) is 7.71. The molecule has 1 aliphatic heterocycles. The monoisotopic (exact) mass is 481 g/mol. The van der Waals surface area contributed by atoms with Crippen LogP contribution in [0.15, 0.2) is 59.8 Å². The van der Waals surface area contributed by atoms with E-state index in [2.05, 4.69) is 10.5 Å². The van der Waals surface area contributed by atoms with Gasteiger partial charge in [0.25, 0.3) is 5.91 Å². The highest BCUT2D eigenvalue weighted by atomic mass is 35.5. The lowest BCUT2D eigenvalue weighted by Crippen LogP contribution is -2.15. The zero-order chi connectivity index (χ0) is 23.8. The van der Waals surface area contributed by atoms with Crippen molar-refractivity contribution in [2.24, 2.45) is 5.18 Å². The molecule has 0 bridgehead atoms. The highest BCUT2D eigenvalue weighted by Crippen LogP contribution is 2.41. The third kappa shape index (κ3) is 3.95. The van der Waals surface area contributed by atoms with Crippen LogP contribution in [0.4, 0.5) is 15.8 Å². The molecule has 2 heterocycles. The molecule has 1 aromatic heterocycles. The zero-order valence-electron chi connectivity index (χ0n) is 17.5. The first-order valence-electron chi connectivity index (χ1n) is 10.2. The highest BCUT2D eigenvalue weighted by molar-refractivity contribution is 6.31. The molecular weight excluding hydrogens is 465 g/mol. The predicted molar refractivity (Wildman–Crippen MR) is 124 cm³/mol. The molecule has 0 aliphatic carbocycles. The van der Waals surface area contributed by atoms with Gasteiger partial charge in [0.15, 0.2) is 12.5 Å². The van der Waals surface area contributed by atoms with Gasteiger partial charge >= 0.3 is 0 Å². The fourth-order valence-corrected chi connectivity index (χ4v) is 4.21. The van der Waals surface area contributed by atoms with Crippen molar-refractivity contribution in [2.75, 3.05) is 12.1 Å². The molecular formula is C24H17ClFN3O5. The number of anilines is 1. The Morgan fingerprint density at radius 3 is 2.85 bits per heavy atom. The summed E-state index contributed by atoms with van der Waals surface area (Å²) in [4.78, 5) is 24.1. The molecule has 0 radical (unpaired) electrons. The van der Waals surface area contributed by atoms with Crippen LogP contribution in [0.1, 0.15) is 21.5 Å². The summed E-state index contributed by atoms with van der Waals surface area (Å²) in [7, 11) is 0. The van der Waals surface area contributed by atoms with Crippen LogP contribution in [0.2, 0.25) is 5.02 Å². The Morgan fingerprint density at radius 1 is 1.21 bits per heavy atom. The van der Waals surface area contributed by atoms with Crippen LogP contribution in [-0.2, 0) is 17.9 Å². The smallest absolute Gasteiger partial charge is 0.255 e. The van der Waals surface area contributed by atoms with Crippen molar-refractivity contribution in [3.63, 3.8) is 0 Å². The van der Waals surface area contributed by atoms with Crippen LogP contribution in [-0.4, -0.2) is 22.4 Å². The van der Waals surface area contributed by atoms with Gasteiger partial charge in [-0.1, -0.05) is 17.7 Å². The van der Waals surface area contributed by atoms with Gasteiger partial charge < -0.3 is 24.5 Å². The molecule has 0 saturated carbocycles. The summed E-state index contributed by atoms with van der Waals surface area (Å²) >= 11 is 5.97. The van der Waals surface area contributed by atoms with E-state index >= 15 is 0 Å². The van der Waals surface area contributed by atoms with Gasteiger partial charge in [0, 0.05) is 32.8 Å². The average molecular weight is 482 g/mol. The number of hydrogen-bond donors (Lipinski definition) is 2. The number of carbonyl (C=O) groups is 1. The van der Waals surface area contributed by atoms with Gasteiger partial charge in [0.2, 0.25) is 5.88 Å². The first-order chi connectivity index (χ1) is 16.4. The van der Waals surface area contributed by atoms with Crippen molar-refractivity contribution in [1.29, 1.82) is 0 Å². The molecule has 8 nitrogen and oxygen atoms in total. The van der Waals surface area contributed by atoms with Gasteiger partial charge in [0.05, 0.1) is 18.7 Å². The fraction of sp³-hybridized carbons (Fsp3) is 0.125. The fourth-order valence-electron chi connectivity index (χ4n) is 4.02. The average Bonchev–Trinajstić information content (AvgIpc) is 3.09. The van der Waals surface area contributed by atoms with Crippen molar-refractivity contribution in [3.05, 3.63) is 87.0 Å². The molecule has 0 saturated heterocycles. The molecule has 0 unspecified atom stereocenters. The lowest BCUT2D eigenvalue weighted by molar-refractivity contribution is -0.0173. The Labute approximate surface area is 197 Å². The lowest BCUT2D eigenvalue weighted by atomic mass is 10.1. The minimum absolute atomic E-state index is 0.0103. The molecule has 5 rings (SSSR count). The number of benzene rings is 3. The van der Waals surface area contributed by atoms with Gasteiger partial charge in [-0.25, -0.2) is 4.39 Å². The summed E-state index contributed by atoms with van der Waals surface area (Å²) in [6, 6.07) is 13.9. The highest BCUT2D eigenvalue weighted by Gasteiger charge is 2.22. The van der Waals surface area contributed by atoms with E-state index < -0.39 is 5.82 Å². The number of hydrogen-bond acceptors (Lipinski definition) is 6. The maximum atomic E-state index is 14.2. The predicted octanol–water partition coefficient (Wildman–Crippen LogP) is 5.70. The maximum Gasteiger partial charge on any atom is 0.255 e. The third-order valence-corrected chi connectivity index (χ3v) is 5.76. The van der Waals surface area contributed by atoms with Gasteiger partial charge in [-0.15, -0.1) is 4.91 Å². The number of carbonyl (C=O) groups excluding carboxylic acids is 1. The van der Waals surface area contributed by atoms with Crippen LogP contribution in [0.3, 0.4) is 0 Å². The van der Waals surface area contributed by atoms with Crippen LogP contribution in [0.25, 0.3) is 10.9 Å². The number of rotatable bonds is 5. The minimum atomic E-state index is -0.484. The second kappa shape index (κ2) is 8.77. The van der Waals surface area contributed by atoms with E-state index in [-0.39, 0.29) is 37.4 Å². The summed E-state index contributed by atoms with van der Waals surface area (Å²) in [5, 5.41) is 17.3. The number of nitroso groups, excluding NO2 is 1. The number of aromatic hydroxyl groups is 1. The Balaban J connectivity index is 1.56. The Morgan fingerprint density at radius 2 is 2.06 bits per heavy atom. The number of amides is 1.